The number of hydrogen-bond acceptors (Lipinski definition) is 5. The third-order valence-electron chi connectivity index (χ3n) is 3.99. The molecule has 0 unspecified atom stereocenters. The minimum Gasteiger partial charge on any atom is -0.489 e. The second-order valence-corrected chi connectivity index (χ2v) is 6.82. The SMILES string of the molecule is Cc1cc(N(C)Cc2ccccc2)nc(Nc2ccccc2OC(C)C)n1. The highest BCUT2D eigenvalue weighted by Gasteiger charge is 2.10. The summed E-state index contributed by atoms with van der Waals surface area (Å²) in [5, 5.41) is 3.30. The maximum absolute atomic E-state index is 5.88. The fourth-order valence-corrected chi connectivity index (χ4v) is 2.79. The summed E-state index contributed by atoms with van der Waals surface area (Å²) in [6.07, 6.45) is 0.0962. The molecule has 27 heavy (non-hydrogen) atoms. The Balaban J connectivity index is 1.82. The van der Waals surface area contributed by atoms with Crippen molar-refractivity contribution in [1.29, 1.82) is 0 Å². The monoisotopic (exact) mass is 362 g/mol. The fraction of sp³-hybridized carbons (Fsp3) is 0.273. The van der Waals surface area contributed by atoms with Gasteiger partial charge in [-0.3, -0.25) is 0 Å². The minimum atomic E-state index is 0.0962. The van der Waals surface area contributed by atoms with E-state index in [4.69, 9.17) is 9.72 Å². The molecular weight excluding hydrogens is 336 g/mol. The molecule has 0 radical (unpaired) electrons. The second-order valence-electron chi connectivity index (χ2n) is 6.82. The molecule has 0 aliphatic heterocycles. The van der Waals surface area contributed by atoms with Gasteiger partial charge in [-0.1, -0.05) is 42.5 Å². The summed E-state index contributed by atoms with van der Waals surface area (Å²) >= 11 is 0. The highest BCUT2D eigenvalue weighted by atomic mass is 16.5. The lowest BCUT2D eigenvalue weighted by Gasteiger charge is -2.20. The van der Waals surface area contributed by atoms with E-state index in [1.54, 1.807) is 0 Å². The predicted octanol–water partition coefficient (Wildman–Crippen LogP) is 4.95. The van der Waals surface area contributed by atoms with Crippen LogP contribution in [-0.2, 0) is 6.54 Å². The number of benzene rings is 2. The van der Waals surface area contributed by atoms with E-state index in [2.05, 4.69) is 27.3 Å². The van der Waals surface area contributed by atoms with Crippen LogP contribution >= 0.6 is 0 Å². The number of aryl methyl sites for hydroxylation is 1. The van der Waals surface area contributed by atoms with E-state index in [-0.39, 0.29) is 6.10 Å². The van der Waals surface area contributed by atoms with E-state index in [1.807, 2.05) is 76.3 Å². The van der Waals surface area contributed by atoms with Gasteiger partial charge in [0, 0.05) is 25.4 Å². The number of aromatic nitrogens is 2. The first kappa shape index (κ1) is 18.7. The Morgan fingerprint density at radius 3 is 2.44 bits per heavy atom. The molecule has 0 amide bonds. The van der Waals surface area contributed by atoms with Crippen molar-refractivity contribution < 1.29 is 4.74 Å². The van der Waals surface area contributed by atoms with Crippen LogP contribution in [-0.4, -0.2) is 23.1 Å². The molecule has 0 saturated heterocycles. The standard InChI is InChI=1S/C22H26N4O/c1-16(2)27-20-13-9-8-12-19(20)24-22-23-17(3)14-21(25-22)26(4)15-18-10-6-5-7-11-18/h5-14,16H,15H2,1-4H3,(H,23,24,25). The number of rotatable bonds is 7. The van der Waals surface area contributed by atoms with E-state index < -0.39 is 0 Å². The Bertz CT molecular complexity index is 880. The first-order chi connectivity index (χ1) is 13.0. The molecule has 5 nitrogen and oxygen atoms in total. The van der Waals surface area contributed by atoms with Crippen LogP contribution in [0.4, 0.5) is 17.5 Å². The molecule has 3 aromatic rings. The summed E-state index contributed by atoms with van der Waals surface area (Å²) < 4.78 is 5.88. The van der Waals surface area contributed by atoms with Crippen molar-refractivity contribution in [2.75, 3.05) is 17.3 Å². The molecule has 0 bridgehead atoms. The molecule has 1 N–H and O–H groups in total. The maximum Gasteiger partial charge on any atom is 0.229 e. The molecule has 0 aliphatic rings. The highest BCUT2D eigenvalue weighted by Crippen LogP contribution is 2.28. The third-order valence-corrected chi connectivity index (χ3v) is 3.99. The van der Waals surface area contributed by atoms with Crippen molar-refractivity contribution >= 4 is 17.5 Å². The number of hydrogen-bond donors (Lipinski definition) is 1. The summed E-state index contributed by atoms with van der Waals surface area (Å²) in [7, 11) is 2.04. The zero-order valence-electron chi connectivity index (χ0n) is 16.3. The van der Waals surface area contributed by atoms with Gasteiger partial charge in [-0.15, -0.1) is 0 Å². The van der Waals surface area contributed by atoms with E-state index in [0.29, 0.717) is 5.95 Å². The van der Waals surface area contributed by atoms with Crippen LogP contribution in [0.25, 0.3) is 0 Å². The van der Waals surface area contributed by atoms with Crippen LogP contribution < -0.4 is 15.0 Å². The molecule has 1 aromatic heterocycles. The Morgan fingerprint density at radius 2 is 1.70 bits per heavy atom. The molecule has 2 aromatic carbocycles. The average Bonchev–Trinajstić information content (AvgIpc) is 2.63. The zero-order valence-corrected chi connectivity index (χ0v) is 16.3. The summed E-state index contributed by atoms with van der Waals surface area (Å²) in [6, 6.07) is 20.2. The van der Waals surface area contributed by atoms with Gasteiger partial charge in [0.25, 0.3) is 0 Å². The van der Waals surface area contributed by atoms with Gasteiger partial charge in [-0.25, -0.2) is 4.98 Å². The zero-order chi connectivity index (χ0) is 19.2. The number of para-hydroxylation sites is 2. The molecule has 1 heterocycles. The summed E-state index contributed by atoms with van der Waals surface area (Å²) in [6.45, 7) is 6.78. The van der Waals surface area contributed by atoms with E-state index >= 15 is 0 Å². The molecular formula is C22H26N4O. The predicted molar refractivity (Wildman–Crippen MR) is 111 cm³/mol. The molecule has 0 spiro atoms. The third kappa shape index (κ3) is 5.20. The van der Waals surface area contributed by atoms with E-state index in [9.17, 15) is 0 Å². The molecule has 0 saturated carbocycles. The largest absolute Gasteiger partial charge is 0.489 e. The summed E-state index contributed by atoms with van der Waals surface area (Å²) in [4.78, 5) is 11.3. The van der Waals surface area contributed by atoms with Crippen molar-refractivity contribution in [3.8, 4) is 5.75 Å². The van der Waals surface area contributed by atoms with Gasteiger partial charge in [-0.2, -0.15) is 4.98 Å². The van der Waals surface area contributed by atoms with Crippen molar-refractivity contribution in [2.24, 2.45) is 0 Å². The van der Waals surface area contributed by atoms with Crippen molar-refractivity contribution in [3.63, 3.8) is 0 Å². The Morgan fingerprint density at radius 1 is 1.00 bits per heavy atom. The highest BCUT2D eigenvalue weighted by molar-refractivity contribution is 5.63. The summed E-state index contributed by atoms with van der Waals surface area (Å²) in [5.74, 6) is 2.22. The van der Waals surface area contributed by atoms with Gasteiger partial charge >= 0.3 is 0 Å². The average molecular weight is 362 g/mol. The normalized spacial score (nSPS) is 10.7. The molecule has 0 fully saturated rings. The Labute approximate surface area is 161 Å². The Hall–Kier alpha value is -3.08. The quantitative estimate of drug-likeness (QED) is 0.644. The van der Waals surface area contributed by atoms with Crippen LogP contribution in [0.3, 0.4) is 0 Å². The maximum atomic E-state index is 5.88. The topological polar surface area (TPSA) is 50.3 Å². The van der Waals surface area contributed by atoms with E-state index in [0.717, 1.165) is 29.5 Å². The molecule has 0 atom stereocenters. The van der Waals surface area contributed by atoms with Gasteiger partial charge in [0.1, 0.15) is 11.6 Å². The second kappa shape index (κ2) is 8.54. The van der Waals surface area contributed by atoms with Crippen molar-refractivity contribution in [3.05, 3.63) is 71.9 Å². The lowest BCUT2D eigenvalue weighted by atomic mass is 10.2. The number of nitrogens with zero attached hydrogens (tertiary/aromatic N) is 3. The van der Waals surface area contributed by atoms with Gasteiger partial charge in [0.2, 0.25) is 5.95 Å². The fourth-order valence-electron chi connectivity index (χ4n) is 2.79. The molecule has 140 valence electrons. The molecule has 0 aliphatic carbocycles. The first-order valence-electron chi connectivity index (χ1n) is 9.14. The van der Waals surface area contributed by atoms with Crippen molar-refractivity contribution in [2.45, 2.75) is 33.4 Å². The van der Waals surface area contributed by atoms with Gasteiger partial charge in [-0.05, 0) is 38.5 Å². The van der Waals surface area contributed by atoms with Gasteiger partial charge in [0.05, 0.1) is 11.8 Å². The summed E-state index contributed by atoms with van der Waals surface area (Å²) in [5.41, 5.74) is 3.00. The number of anilines is 3. The van der Waals surface area contributed by atoms with Crippen LogP contribution in [0, 0.1) is 6.92 Å². The van der Waals surface area contributed by atoms with Gasteiger partial charge < -0.3 is 15.0 Å². The minimum absolute atomic E-state index is 0.0962. The number of ether oxygens (including phenoxy) is 1. The number of nitrogens with one attached hydrogen (secondary N) is 1. The van der Waals surface area contributed by atoms with Gasteiger partial charge in [0.15, 0.2) is 0 Å². The lowest BCUT2D eigenvalue weighted by molar-refractivity contribution is 0.244. The van der Waals surface area contributed by atoms with Crippen LogP contribution in [0.1, 0.15) is 25.1 Å². The smallest absolute Gasteiger partial charge is 0.229 e. The first-order valence-corrected chi connectivity index (χ1v) is 9.14. The Kier molecular flexibility index (Phi) is 5.91. The lowest BCUT2D eigenvalue weighted by Crippen LogP contribution is -2.18. The van der Waals surface area contributed by atoms with Crippen molar-refractivity contribution in [1.82, 2.24) is 9.97 Å². The van der Waals surface area contributed by atoms with Crippen LogP contribution in [0.2, 0.25) is 0 Å². The van der Waals surface area contributed by atoms with Crippen LogP contribution in [0.5, 0.6) is 5.75 Å². The molecule has 3 rings (SSSR count). The van der Waals surface area contributed by atoms with Crippen LogP contribution in [0.15, 0.2) is 60.7 Å². The van der Waals surface area contributed by atoms with E-state index in [1.165, 1.54) is 5.56 Å². The molecule has 5 heteroatoms.